The van der Waals surface area contributed by atoms with Gasteiger partial charge in [-0.1, -0.05) is 32.5 Å². The highest BCUT2D eigenvalue weighted by Gasteiger charge is 2.22. The molecule has 1 aliphatic heterocycles. The van der Waals surface area contributed by atoms with Gasteiger partial charge in [-0.15, -0.1) is 0 Å². The summed E-state index contributed by atoms with van der Waals surface area (Å²) < 4.78 is 11.2. The summed E-state index contributed by atoms with van der Waals surface area (Å²) in [5.74, 6) is 2.35. The molecule has 0 spiro atoms. The number of hydrogen-bond acceptors (Lipinski definition) is 7. The molecule has 1 amide bonds. The molecule has 3 rings (SSSR count). The first-order valence-electron chi connectivity index (χ1n) is 9.97. The summed E-state index contributed by atoms with van der Waals surface area (Å²) in [5.41, 5.74) is 0.930. The SMILES string of the molecule is CC(C)NC(=O)c1ccc(CSc2nc(N3CCOCC3)cc(C(C)(C)C)n2)o1. The van der Waals surface area contributed by atoms with E-state index >= 15 is 0 Å². The van der Waals surface area contributed by atoms with E-state index in [-0.39, 0.29) is 17.4 Å². The van der Waals surface area contributed by atoms with E-state index in [4.69, 9.17) is 19.1 Å². The zero-order chi connectivity index (χ0) is 21.0. The van der Waals surface area contributed by atoms with Crippen LogP contribution in [0.3, 0.4) is 0 Å². The van der Waals surface area contributed by atoms with Crippen molar-refractivity contribution in [3.63, 3.8) is 0 Å². The van der Waals surface area contributed by atoms with Crippen LogP contribution in [0.4, 0.5) is 5.82 Å². The predicted octanol–water partition coefficient (Wildman–Crippen LogP) is 3.63. The lowest BCUT2D eigenvalue weighted by Gasteiger charge is -2.29. The van der Waals surface area contributed by atoms with E-state index in [1.807, 2.05) is 19.9 Å². The number of ether oxygens (including phenoxy) is 1. The summed E-state index contributed by atoms with van der Waals surface area (Å²) in [5, 5.41) is 3.55. The third-order valence-electron chi connectivity index (χ3n) is 4.44. The zero-order valence-corrected chi connectivity index (χ0v) is 18.6. The highest BCUT2D eigenvalue weighted by Crippen LogP contribution is 2.29. The Kier molecular flexibility index (Phi) is 6.85. The van der Waals surface area contributed by atoms with Gasteiger partial charge >= 0.3 is 0 Å². The van der Waals surface area contributed by atoms with Crippen molar-refractivity contribution in [1.29, 1.82) is 0 Å². The Hall–Kier alpha value is -2.06. The van der Waals surface area contributed by atoms with Crippen LogP contribution in [0.15, 0.2) is 27.8 Å². The van der Waals surface area contributed by atoms with E-state index in [0.29, 0.717) is 29.9 Å². The Morgan fingerprint density at radius 3 is 2.62 bits per heavy atom. The smallest absolute Gasteiger partial charge is 0.287 e. The molecule has 29 heavy (non-hydrogen) atoms. The van der Waals surface area contributed by atoms with E-state index in [1.54, 1.807) is 6.07 Å². The molecule has 0 aromatic carbocycles. The highest BCUT2D eigenvalue weighted by molar-refractivity contribution is 7.98. The maximum absolute atomic E-state index is 12.1. The summed E-state index contributed by atoms with van der Waals surface area (Å²) in [6.45, 7) is 13.4. The number of aromatic nitrogens is 2. The molecule has 1 saturated heterocycles. The second-order valence-electron chi connectivity index (χ2n) is 8.43. The van der Waals surface area contributed by atoms with Gasteiger partial charge in [0.05, 0.1) is 24.7 Å². The third-order valence-corrected chi connectivity index (χ3v) is 5.31. The number of morpholine rings is 1. The van der Waals surface area contributed by atoms with Crippen LogP contribution in [0, 0.1) is 0 Å². The summed E-state index contributed by atoms with van der Waals surface area (Å²) >= 11 is 1.52. The Bertz CT molecular complexity index is 839. The van der Waals surface area contributed by atoms with Gasteiger partial charge in [0.25, 0.3) is 5.91 Å². The van der Waals surface area contributed by atoms with Crippen LogP contribution in [0.2, 0.25) is 0 Å². The minimum atomic E-state index is -0.197. The fourth-order valence-corrected chi connectivity index (χ4v) is 3.61. The Labute approximate surface area is 176 Å². The number of furan rings is 1. The van der Waals surface area contributed by atoms with Crippen LogP contribution in [0.25, 0.3) is 0 Å². The monoisotopic (exact) mass is 418 g/mol. The van der Waals surface area contributed by atoms with E-state index in [0.717, 1.165) is 30.4 Å². The number of anilines is 1. The van der Waals surface area contributed by atoms with Crippen molar-refractivity contribution in [3.05, 3.63) is 35.4 Å². The largest absolute Gasteiger partial charge is 0.455 e. The third kappa shape index (κ3) is 5.96. The van der Waals surface area contributed by atoms with Gasteiger partial charge in [-0.3, -0.25) is 4.79 Å². The maximum atomic E-state index is 12.1. The minimum absolute atomic E-state index is 0.0672. The number of nitrogens with zero attached hydrogens (tertiary/aromatic N) is 3. The van der Waals surface area contributed by atoms with Crippen molar-refractivity contribution in [2.24, 2.45) is 0 Å². The molecule has 2 aromatic heterocycles. The quantitative estimate of drug-likeness (QED) is 0.567. The van der Waals surface area contributed by atoms with Crippen molar-refractivity contribution >= 4 is 23.5 Å². The number of carbonyl (C=O) groups excluding carboxylic acids is 1. The van der Waals surface area contributed by atoms with Crippen LogP contribution in [0.5, 0.6) is 0 Å². The summed E-state index contributed by atoms with van der Waals surface area (Å²) in [7, 11) is 0. The first-order valence-corrected chi connectivity index (χ1v) is 11.0. The lowest BCUT2D eigenvalue weighted by molar-refractivity contribution is 0.0913. The number of nitrogens with one attached hydrogen (secondary N) is 1. The lowest BCUT2D eigenvalue weighted by atomic mass is 9.92. The fraction of sp³-hybridized carbons (Fsp3) is 0.571. The number of thioether (sulfide) groups is 1. The predicted molar refractivity (Wildman–Crippen MR) is 115 cm³/mol. The molecule has 0 atom stereocenters. The van der Waals surface area contributed by atoms with Crippen molar-refractivity contribution in [2.45, 2.75) is 57.0 Å². The van der Waals surface area contributed by atoms with E-state index < -0.39 is 0 Å². The van der Waals surface area contributed by atoms with Crippen molar-refractivity contribution in [3.8, 4) is 0 Å². The summed E-state index contributed by atoms with van der Waals surface area (Å²) in [6.07, 6.45) is 0. The van der Waals surface area contributed by atoms with Gasteiger partial charge in [0.1, 0.15) is 11.6 Å². The summed E-state index contributed by atoms with van der Waals surface area (Å²) in [4.78, 5) is 23.8. The van der Waals surface area contributed by atoms with Gasteiger partial charge in [-0.25, -0.2) is 9.97 Å². The molecule has 3 heterocycles. The van der Waals surface area contributed by atoms with Crippen LogP contribution in [-0.4, -0.2) is 48.2 Å². The molecule has 7 nitrogen and oxygen atoms in total. The second kappa shape index (κ2) is 9.17. The van der Waals surface area contributed by atoms with Gasteiger partial charge in [0, 0.05) is 30.6 Å². The average Bonchev–Trinajstić information content (AvgIpc) is 3.15. The number of amides is 1. The zero-order valence-electron chi connectivity index (χ0n) is 17.8. The lowest BCUT2D eigenvalue weighted by Crippen LogP contribution is -2.37. The van der Waals surface area contributed by atoms with Crippen molar-refractivity contribution in [1.82, 2.24) is 15.3 Å². The Morgan fingerprint density at radius 2 is 1.97 bits per heavy atom. The first kappa shape index (κ1) is 21.6. The molecule has 0 saturated carbocycles. The molecule has 0 aliphatic carbocycles. The molecular formula is C21H30N4O3S. The molecule has 1 aliphatic rings. The van der Waals surface area contributed by atoms with Gasteiger partial charge in [0.2, 0.25) is 0 Å². The summed E-state index contributed by atoms with van der Waals surface area (Å²) in [6, 6.07) is 5.69. The molecule has 1 N–H and O–H groups in total. The van der Waals surface area contributed by atoms with Gasteiger partial charge < -0.3 is 19.4 Å². The van der Waals surface area contributed by atoms with Crippen molar-refractivity contribution in [2.75, 3.05) is 31.2 Å². The highest BCUT2D eigenvalue weighted by atomic mass is 32.2. The Balaban J connectivity index is 1.74. The van der Waals surface area contributed by atoms with Crippen molar-refractivity contribution < 1.29 is 13.9 Å². The molecule has 8 heteroatoms. The minimum Gasteiger partial charge on any atom is -0.455 e. The van der Waals surface area contributed by atoms with E-state index in [2.05, 4.69) is 37.1 Å². The van der Waals surface area contributed by atoms with Crippen LogP contribution < -0.4 is 10.2 Å². The van der Waals surface area contributed by atoms with Crippen LogP contribution >= 0.6 is 11.8 Å². The number of hydrogen-bond donors (Lipinski definition) is 1. The van der Waals surface area contributed by atoms with Gasteiger partial charge in [-0.2, -0.15) is 0 Å². The average molecular weight is 419 g/mol. The molecule has 1 fully saturated rings. The maximum Gasteiger partial charge on any atom is 0.287 e. The van der Waals surface area contributed by atoms with E-state index in [1.165, 1.54) is 11.8 Å². The van der Waals surface area contributed by atoms with Crippen LogP contribution in [-0.2, 0) is 15.9 Å². The first-order chi connectivity index (χ1) is 13.7. The Morgan fingerprint density at radius 1 is 1.24 bits per heavy atom. The molecule has 0 bridgehead atoms. The molecule has 2 aromatic rings. The van der Waals surface area contributed by atoms with Gasteiger partial charge in [0.15, 0.2) is 10.9 Å². The van der Waals surface area contributed by atoms with Gasteiger partial charge in [-0.05, 0) is 26.0 Å². The van der Waals surface area contributed by atoms with Crippen LogP contribution in [0.1, 0.15) is 56.6 Å². The number of rotatable bonds is 6. The molecule has 0 radical (unpaired) electrons. The molecule has 0 unspecified atom stereocenters. The normalized spacial score (nSPS) is 15.0. The standard InChI is InChI=1S/C21H30N4O3S/c1-14(2)22-19(26)16-7-6-15(28-16)13-29-20-23-17(21(3,4)5)12-18(24-20)25-8-10-27-11-9-25/h6-7,12,14H,8-11,13H2,1-5H3,(H,22,26). The molecular weight excluding hydrogens is 388 g/mol. The number of carbonyl (C=O) groups is 1. The fourth-order valence-electron chi connectivity index (χ4n) is 2.86. The van der Waals surface area contributed by atoms with E-state index in [9.17, 15) is 4.79 Å². The molecule has 158 valence electrons. The topological polar surface area (TPSA) is 80.5 Å². The second-order valence-corrected chi connectivity index (χ2v) is 9.37.